The molecule has 4 aromatic rings. The fraction of sp³-hybridized carbons (Fsp3) is 0.355. The van der Waals surface area contributed by atoms with E-state index >= 15 is 4.39 Å². The molecule has 2 atom stereocenters. The van der Waals surface area contributed by atoms with Crippen LogP contribution in [-0.4, -0.2) is 50.8 Å². The summed E-state index contributed by atoms with van der Waals surface area (Å²) in [5.41, 5.74) is 4.46. The highest BCUT2D eigenvalue weighted by molar-refractivity contribution is 5.93. The summed E-state index contributed by atoms with van der Waals surface area (Å²) in [7, 11) is 0. The van der Waals surface area contributed by atoms with Crippen molar-refractivity contribution in [3.63, 3.8) is 0 Å². The molecule has 0 radical (unpaired) electrons. The number of nitrogens with one attached hydrogen (secondary N) is 1. The minimum atomic E-state index is -0.539. The fourth-order valence-corrected chi connectivity index (χ4v) is 5.94. The van der Waals surface area contributed by atoms with Crippen LogP contribution < -0.4 is 10.1 Å². The van der Waals surface area contributed by atoms with Crippen LogP contribution in [0.4, 0.5) is 4.39 Å². The van der Waals surface area contributed by atoms with Gasteiger partial charge in [0.2, 0.25) is 5.78 Å². The number of carbonyl (C=O) groups is 2. The smallest absolute Gasteiger partial charge is 0.315 e. The summed E-state index contributed by atoms with van der Waals surface area (Å²) < 4.78 is 22.5. The molecule has 1 N–H and O–H groups in total. The van der Waals surface area contributed by atoms with Crippen molar-refractivity contribution >= 4 is 17.7 Å². The zero-order valence-corrected chi connectivity index (χ0v) is 22.3. The zero-order chi connectivity index (χ0) is 27.4. The number of benzene rings is 2. The molecule has 1 aliphatic carbocycles. The highest BCUT2D eigenvalue weighted by atomic mass is 19.1. The molecular formula is C31H30FN5O3. The summed E-state index contributed by atoms with van der Waals surface area (Å²) in [4.78, 5) is 37.2. The summed E-state index contributed by atoms with van der Waals surface area (Å²) in [6, 6.07) is 14.5. The van der Waals surface area contributed by atoms with Gasteiger partial charge < -0.3 is 15.0 Å². The number of imidazole rings is 1. The summed E-state index contributed by atoms with van der Waals surface area (Å²) in [5, 5.41) is 3.13. The molecule has 9 heteroatoms. The Balaban J connectivity index is 1.19. The molecule has 2 aliphatic heterocycles. The van der Waals surface area contributed by atoms with Gasteiger partial charge in [-0.1, -0.05) is 24.3 Å². The molecule has 2 aromatic heterocycles. The van der Waals surface area contributed by atoms with E-state index in [0.717, 1.165) is 31.5 Å². The Morgan fingerprint density at radius 2 is 1.93 bits per heavy atom. The van der Waals surface area contributed by atoms with Gasteiger partial charge in [-0.15, -0.1) is 0 Å². The summed E-state index contributed by atoms with van der Waals surface area (Å²) in [6.45, 7) is 4.03. The van der Waals surface area contributed by atoms with Gasteiger partial charge in [0.15, 0.2) is 0 Å². The first-order valence-corrected chi connectivity index (χ1v) is 14.0. The van der Waals surface area contributed by atoms with Crippen molar-refractivity contribution < 1.29 is 18.7 Å². The Morgan fingerprint density at radius 1 is 1.07 bits per heavy atom. The Kier molecular flexibility index (Phi) is 6.11. The number of hydrogen-bond acceptors (Lipinski definition) is 6. The van der Waals surface area contributed by atoms with Gasteiger partial charge in [-0.2, -0.15) is 0 Å². The Morgan fingerprint density at radius 3 is 2.70 bits per heavy atom. The van der Waals surface area contributed by atoms with Crippen LogP contribution in [0.3, 0.4) is 0 Å². The summed E-state index contributed by atoms with van der Waals surface area (Å²) in [6.07, 6.45) is 5.35. The van der Waals surface area contributed by atoms with Gasteiger partial charge in [-0.05, 0) is 74.4 Å². The van der Waals surface area contributed by atoms with Gasteiger partial charge in [0.1, 0.15) is 17.3 Å². The van der Waals surface area contributed by atoms with Crippen molar-refractivity contribution in [2.24, 2.45) is 5.92 Å². The van der Waals surface area contributed by atoms with Crippen LogP contribution >= 0.6 is 0 Å². The van der Waals surface area contributed by atoms with E-state index in [2.05, 4.69) is 34.3 Å². The van der Waals surface area contributed by atoms with Gasteiger partial charge in [0, 0.05) is 36.6 Å². The molecular weight excluding hydrogens is 509 g/mol. The van der Waals surface area contributed by atoms with E-state index in [9.17, 15) is 9.59 Å². The van der Waals surface area contributed by atoms with Gasteiger partial charge in [0.05, 0.1) is 17.7 Å². The number of carbonyl (C=O) groups excluding carboxylic acids is 2. The summed E-state index contributed by atoms with van der Waals surface area (Å²) >= 11 is 0. The van der Waals surface area contributed by atoms with Crippen LogP contribution in [0.25, 0.3) is 17.0 Å². The number of ether oxygens (including phenoxy) is 1. The molecule has 3 aliphatic rings. The number of esters is 1. The predicted molar refractivity (Wildman–Crippen MR) is 147 cm³/mol. The molecule has 8 nitrogen and oxygen atoms in total. The second-order valence-corrected chi connectivity index (χ2v) is 11.0. The molecule has 7 rings (SSSR count). The largest absolute Gasteiger partial charge is 0.426 e. The lowest BCUT2D eigenvalue weighted by Crippen LogP contribution is -2.39. The fourth-order valence-electron chi connectivity index (χ4n) is 5.94. The average Bonchev–Trinajstić information content (AvgIpc) is 3.47. The van der Waals surface area contributed by atoms with Gasteiger partial charge >= 0.3 is 5.97 Å². The van der Waals surface area contributed by atoms with Crippen LogP contribution in [0.5, 0.6) is 5.75 Å². The average molecular weight is 540 g/mol. The third kappa shape index (κ3) is 4.44. The molecule has 2 aromatic carbocycles. The van der Waals surface area contributed by atoms with E-state index in [1.54, 1.807) is 18.3 Å². The Hall–Kier alpha value is -4.11. The van der Waals surface area contributed by atoms with Crippen molar-refractivity contribution in [2.75, 3.05) is 19.6 Å². The molecule has 1 amide bonds. The summed E-state index contributed by atoms with van der Waals surface area (Å²) in [5.74, 6) is -0.371. The monoisotopic (exact) mass is 539 g/mol. The maximum absolute atomic E-state index is 15.2. The van der Waals surface area contributed by atoms with E-state index in [1.165, 1.54) is 17.2 Å². The first kappa shape index (κ1) is 24.9. The molecule has 1 saturated carbocycles. The highest BCUT2D eigenvalue weighted by Gasteiger charge is 2.32. The maximum atomic E-state index is 15.2. The van der Waals surface area contributed by atoms with Crippen molar-refractivity contribution in [2.45, 2.75) is 44.6 Å². The molecule has 1 unspecified atom stereocenters. The maximum Gasteiger partial charge on any atom is 0.315 e. The van der Waals surface area contributed by atoms with Crippen LogP contribution in [-0.2, 0) is 11.2 Å². The second kappa shape index (κ2) is 9.82. The molecule has 40 heavy (non-hydrogen) atoms. The third-order valence-electron chi connectivity index (χ3n) is 8.37. The standard InChI is InChI=1S/C31H30FN5O3/c1-18-23-5-3-2-4-19(23)11-13-36(18)29(38)26-15-28(20-6-7-20)37-17-27(35-31(37)34-26)24-9-8-22(14-25(24)32)40-30(39)21-10-12-33-16-21/h2-5,8-9,14-15,17-18,20-21,33H,6-7,10-13,16H2,1H3/t18-,21?/m1/s1. The van der Waals surface area contributed by atoms with Crippen molar-refractivity contribution in [1.82, 2.24) is 24.6 Å². The van der Waals surface area contributed by atoms with Crippen molar-refractivity contribution in [1.29, 1.82) is 0 Å². The minimum absolute atomic E-state index is 0.0539. The van der Waals surface area contributed by atoms with Crippen molar-refractivity contribution in [3.05, 3.63) is 83.1 Å². The number of aromatic nitrogens is 3. The highest BCUT2D eigenvalue weighted by Crippen LogP contribution is 2.41. The molecule has 1 saturated heterocycles. The van der Waals surface area contributed by atoms with Gasteiger partial charge in [-0.3, -0.25) is 14.0 Å². The van der Waals surface area contributed by atoms with E-state index in [-0.39, 0.29) is 35.1 Å². The van der Waals surface area contributed by atoms with E-state index in [1.807, 2.05) is 27.5 Å². The lowest BCUT2D eigenvalue weighted by atomic mass is 9.93. The van der Waals surface area contributed by atoms with Crippen LogP contribution in [0, 0.1) is 11.7 Å². The molecule has 2 fully saturated rings. The van der Waals surface area contributed by atoms with Crippen LogP contribution in [0.15, 0.2) is 54.7 Å². The topological polar surface area (TPSA) is 88.8 Å². The van der Waals surface area contributed by atoms with Gasteiger partial charge in [-0.25, -0.2) is 14.4 Å². The van der Waals surface area contributed by atoms with Crippen LogP contribution in [0.1, 0.15) is 65.5 Å². The molecule has 4 heterocycles. The number of nitrogens with zero attached hydrogens (tertiary/aromatic N) is 4. The number of halogens is 1. The number of amides is 1. The van der Waals surface area contributed by atoms with Crippen molar-refractivity contribution in [3.8, 4) is 17.0 Å². The molecule has 0 bridgehead atoms. The van der Waals surface area contributed by atoms with Crippen LogP contribution in [0.2, 0.25) is 0 Å². The lowest BCUT2D eigenvalue weighted by Gasteiger charge is -2.35. The third-order valence-corrected chi connectivity index (χ3v) is 8.37. The molecule has 0 spiro atoms. The number of fused-ring (bicyclic) bond motifs is 2. The zero-order valence-electron chi connectivity index (χ0n) is 22.3. The first-order chi connectivity index (χ1) is 19.5. The lowest BCUT2D eigenvalue weighted by molar-refractivity contribution is -0.138. The second-order valence-electron chi connectivity index (χ2n) is 11.0. The Bertz CT molecular complexity index is 1640. The van der Waals surface area contributed by atoms with E-state index in [0.29, 0.717) is 42.6 Å². The predicted octanol–water partition coefficient (Wildman–Crippen LogP) is 4.69. The number of rotatable bonds is 5. The normalized spacial score (nSPS) is 20.5. The van der Waals surface area contributed by atoms with E-state index in [4.69, 9.17) is 4.74 Å². The minimum Gasteiger partial charge on any atom is -0.426 e. The van der Waals surface area contributed by atoms with Gasteiger partial charge in [0.25, 0.3) is 5.91 Å². The molecule has 204 valence electrons. The van der Waals surface area contributed by atoms with E-state index < -0.39 is 5.82 Å². The quantitative estimate of drug-likeness (QED) is 0.293. The number of hydrogen-bond donors (Lipinski definition) is 1. The SMILES string of the molecule is C[C@@H]1c2ccccc2CCN1C(=O)c1cc(C2CC2)n2cc(-c3ccc(OC(=O)C4CCNC4)cc3F)nc2n1. The Labute approximate surface area is 231 Å². The first-order valence-electron chi connectivity index (χ1n) is 14.0.